The van der Waals surface area contributed by atoms with Crippen molar-refractivity contribution in [3.8, 4) is 0 Å². The van der Waals surface area contributed by atoms with Crippen LogP contribution in [-0.2, 0) is 9.53 Å². The van der Waals surface area contributed by atoms with Crippen molar-refractivity contribution in [2.45, 2.75) is 68.9 Å². The Morgan fingerprint density at radius 3 is 2.65 bits per heavy atom. The molecule has 0 aromatic carbocycles. The lowest BCUT2D eigenvalue weighted by molar-refractivity contribution is -0.127. The number of aliphatic hydroxyl groups is 1. The zero-order valence-electron chi connectivity index (χ0n) is 21.6. The smallest absolute Gasteiger partial charge is 0.274 e. The summed E-state index contributed by atoms with van der Waals surface area (Å²) in [6, 6.07) is 1.51. The van der Waals surface area contributed by atoms with Crippen LogP contribution < -0.4 is 5.32 Å². The molecule has 3 N–H and O–H groups in total. The van der Waals surface area contributed by atoms with Crippen molar-refractivity contribution in [1.29, 1.82) is 0 Å². The van der Waals surface area contributed by atoms with Crippen molar-refractivity contribution in [3.63, 3.8) is 0 Å². The van der Waals surface area contributed by atoms with Gasteiger partial charge in [-0.25, -0.2) is 4.39 Å². The van der Waals surface area contributed by atoms with Crippen molar-refractivity contribution in [2.24, 2.45) is 16.3 Å². The Labute approximate surface area is 216 Å². The third kappa shape index (κ3) is 4.83. The Hall–Kier alpha value is -3.01. The van der Waals surface area contributed by atoms with E-state index in [0.717, 1.165) is 44.9 Å². The van der Waals surface area contributed by atoms with Crippen LogP contribution in [0.1, 0.15) is 74.0 Å². The number of aromatic amines is 1. The molecule has 200 valence electrons. The maximum absolute atomic E-state index is 14.2. The minimum absolute atomic E-state index is 0.0429. The molecule has 0 radical (unpaired) electrons. The summed E-state index contributed by atoms with van der Waals surface area (Å²) in [5, 5.41) is 20.6. The highest BCUT2D eigenvalue weighted by atomic mass is 19.1. The summed E-state index contributed by atoms with van der Waals surface area (Å²) < 4.78 is 19.3. The van der Waals surface area contributed by atoms with E-state index in [4.69, 9.17) is 4.74 Å². The van der Waals surface area contributed by atoms with Crippen LogP contribution in [0.4, 0.5) is 4.39 Å². The van der Waals surface area contributed by atoms with Crippen LogP contribution in [-0.4, -0.2) is 76.3 Å². The summed E-state index contributed by atoms with van der Waals surface area (Å²) in [4.78, 5) is 32.3. The van der Waals surface area contributed by atoms with Gasteiger partial charge >= 0.3 is 0 Å². The third-order valence-corrected chi connectivity index (χ3v) is 9.00. The van der Waals surface area contributed by atoms with Gasteiger partial charge in [-0.05, 0) is 69.3 Å². The Bertz CT molecular complexity index is 1160. The molecule has 1 aromatic heterocycles. The highest BCUT2D eigenvalue weighted by molar-refractivity contribution is 5.99. The van der Waals surface area contributed by atoms with Gasteiger partial charge in [0.05, 0.1) is 18.4 Å². The molecule has 2 amide bonds. The van der Waals surface area contributed by atoms with Gasteiger partial charge < -0.3 is 20.1 Å². The molecule has 1 saturated heterocycles. The number of aromatic nitrogens is 2. The molecule has 1 atom stereocenters. The maximum Gasteiger partial charge on any atom is 0.274 e. The summed E-state index contributed by atoms with van der Waals surface area (Å²) in [6.07, 6.45) is 8.71. The van der Waals surface area contributed by atoms with Crippen molar-refractivity contribution < 1.29 is 23.8 Å². The summed E-state index contributed by atoms with van der Waals surface area (Å²) in [6.45, 7) is 4.47. The van der Waals surface area contributed by atoms with Crippen LogP contribution in [0.15, 0.2) is 29.5 Å². The monoisotopic (exact) mass is 513 g/mol. The van der Waals surface area contributed by atoms with Gasteiger partial charge in [0.2, 0.25) is 11.8 Å². The number of hydrogen-bond acceptors (Lipinski definition) is 6. The number of allylic oxidation sites excluding steroid dienone is 2. The number of hydrogen-bond donors (Lipinski definition) is 3. The molecule has 3 aliphatic carbocycles. The standard InChI is InChI=1S/C27H36FN5O4/c1-17(28)19(12-22(29-2)37-3)20-13-21(32-31-20)24(35)33-11-4-18(14-26(33)7-8-26)23(34)30-16-25-5-9-27(36,15-25)10-6-25/h12-13,18,36H,1,4-11,14-16H2,2-3H3,(H,30,34)(H,31,32)/b19-12+,29-22+/t18-,25?,27?/m0/s1. The lowest BCUT2D eigenvalue weighted by Crippen LogP contribution is -2.51. The summed E-state index contributed by atoms with van der Waals surface area (Å²) >= 11 is 0. The molecule has 1 aliphatic heterocycles. The number of H-pyrrole nitrogens is 1. The number of carbonyl (C=O) groups is 2. The number of fused-ring (bicyclic) bond motifs is 2. The number of nitrogens with one attached hydrogen (secondary N) is 2. The van der Waals surface area contributed by atoms with Gasteiger partial charge in [-0.1, -0.05) is 6.58 Å². The van der Waals surface area contributed by atoms with Gasteiger partial charge in [0.1, 0.15) is 5.83 Å². The predicted octanol–water partition coefficient (Wildman–Crippen LogP) is 3.15. The highest BCUT2D eigenvalue weighted by Crippen LogP contribution is 2.56. The summed E-state index contributed by atoms with van der Waals surface area (Å²) in [7, 11) is 2.96. The minimum atomic E-state index is -0.703. The first-order valence-electron chi connectivity index (χ1n) is 13.1. The van der Waals surface area contributed by atoms with E-state index in [1.807, 2.05) is 4.90 Å². The van der Waals surface area contributed by atoms with Crippen molar-refractivity contribution in [3.05, 3.63) is 35.9 Å². The molecule has 5 rings (SSSR count). The number of piperidine rings is 1. The van der Waals surface area contributed by atoms with Gasteiger partial charge in [0.25, 0.3) is 5.91 Å². The SMILES string of the molecule is C=C(F)/C(=C\C(=N/C)OC)c1cc(C(=O)N2CC[C@H](C(=O)NCC34CCC(O)(CC3)C4)CC23CC3)n[nH]1. The van der Waals surface area contributed by atoms with Gasteiger partial charge in [0, 0.05) is 43.2 Å². The molecule has 9 nitrogen and oxygen atoms in total. The molecular formula is C27H36FN5O4. The zero-order chi connectivity index (χ0) is 26.4. The number of nitrogens with zero attached hydrogens (tertiary/aromatic N) is 3. The normalized spacial score (nSPS) is 30.5. The van der Waals surface area contributed by atoms with Crippen molar-refractivity contribution in [1.82, 2.24) is 20.4 Å². The summed E-state index contributed by atoms with van der Waals surface area (Å²) in [5.41, 5.74) is -0.203. The third-order valence-electron chi connectivity index (χ3n) is 9.00. The number of methoxy groups -OCH3 is 1. The average Bonchev–Trinajstić information content (AvgIpc) is 3.22. The second-order valence-electron chi connectivity index (χ2n) is 11.4. The van der Waals surface area contributed by atoms with E-state index in [0.29, 0.717) is 31.6 Å². The van der Waals surface area contributed by atoms with Gasteiger partial charge in [-0.15, -0.1) is 0 Å². The van der Waals surface area contributed by atoms with Crippen molar-refractivity contribution >= 4 is 23.3 Å². The second-order valence-corrected chi connectivity index (χ2v) is 11.4. The van der Waals surface area contributed by atoms with E-state index in [2.05, 4.69) is 27.1 Å². The van der Waals surface area contributed by atoms with E-state index < -0.39 is 11.4 Å². The van der Waals surface area contributed by atoms with Gasteiger partial charge in [-0.2, -0.15) is 5.10 Å². The molecular weight excluding hydrogens is 477 g/mol. The number of ether oxygens (including phenoxy) is 1. The van der Waals surface area contributed by atoms with E-state index in [9.17, 15) is 19.1 Å². The maximum atomic E-state index is 14.2. The number of halogens is 1. The number of aliphatic imine (C=N–C) groups is 1. The average molecular weight is 514 g/mol. The van der Waals surface area contributed by atoms with Crippen LogP contribution in [0.25, 0.3) is 5.57 Å². The summed E-state index contributed by atoms with van der Waals surface area (Å²) in [5.74, 6) is -0.797. The van der Waals surface area contributed by atoms with Crippen LogP contribution in [0, 0.1) is 11.3 Å². The molecule has 10 heteroatoms. The van der Waals surface area contributed by atoms with Gasteiger partial charge in [-0.3, -0.25) is 19.7 Å². The first-order chi connectivity index (χ1) is 17.6. The minimum Gasteiger partial charge on any atom is -0.481 e. The number of rotatable bonds is 7. The second kappa shape index (κ2) is 9.38. The number of likely N-dealkylation sites (tertiary alicyclic amines) is 1. The quantitative estimate of drug-likeness (QED) is 0.294. The zero-order valence-corrected chi connectivity index (χ0v) is 21.6. The van der Waals surface area contributed by atoms with E-state index in [1.165, 1.54) is 26.3 Å². The van der Waals surface area contributed by atoms with Gasteiger partial charge in [0.15, 0.2) is 5.69 Å². The molecule has 4 aliphatic rings. The number of amides is 2. The fraction of sp³-hybridized carbons (Fsp3) is 0.630. The Morgan fingerprint density at radius 1 is 1.35 bits per heavy atom. The molecule has 1 aromatic rings. The molecule has 2 bridgehead atoms. The lowest BCUT2D eigenvalue weighted by atomic mass is 9.83. The number of carbonyl (C=O) groups excluding carboxylic acids is 2. The fourth-order valence-corrected chi connectivity index (χ4v) is 6.66. The Kier molecular flexibility index (Phi) is 6.50. The van der Waals surface area contributed by atoms with E-state index >= 15 is 0 Å². The highest BCUT2D eigenvalue weighted by Gasteiger charge is 2.56. The van der Waals surface area contributed by atoms with Crippen LogP contribution >= 0.6 is 0 Å². The fourth-order valence-electron chi connectivity index (χ4n) is 6.66. The molecule has 3 saturated carbocycles. The lowest BCUT2D eigenvalue weighted by Gasteiger charge is -2.39. The largest absolute Gasteiger partial charge is 0.481 e. The van der Waals surface area contributed by atoms with Crippen LogP contribution in [0.3, 0.4) is 0 Å². The molecule has 2 heterocycles. The molecule has 0 unspecified atom stereocenters. The Morgan fingerprint density at radius 2 is 2.08 bits per heavy atom. The predicted molar refractivity (Wildman–Crippen MR) is 136 cm³/mol. The van der Waals surface area contributed by atoms with E-state index in [1.54, 1.807) is 0 Å². The van der Waals surface area contributed by atoms with Crippen molar-refractivity contribution in [2.75, 3.05) is 27.2 Å². The molecule has 1 spiro atoms. The molecule has 4 fully saturated rings. The first kappa shape index (κ1) is 25.6. The van der Waals surface area contributed by atoms with E-state index in [-0.39, 0.29) is 45.9 Å². The molecule has 37 heavy (non-hydrogen) atoms. The Balaban J connectivity index is 1.23. The van der Waals surface area contributed by atoms with Crippen LogP contribution in [0.5, 0.6) is 0 Å². The first-order valence-corrected chi connectivity index (χ1v) is 13.1. The topological polar surface area (TPSA) is 120 Å². The van der Waals surface area contributed by atoms with Crippen LogP contribution in [0.2, 0.25) is 0 Å².